The first-order valence-corrected chi connectivity index (χ1v) is 4.54. The molecule has 5 heteroatoms. The summed E-state index contributed by atoms with van der Waals surface area (Å²) in [5.74, 6) is -0.653. The lowest BCUT2D eigenvalue weighted by Crippen LogP contribution is -2.08. The molecule has 0 aliphatic heterocycles. The second kappa shape index (κ2) is 4.41. The van der Waals surface area contributed by atoms with Gasteiger partial charge in [0.05, 0.1) is 5.56 Å². The van der Waals surface area contributed by atoms with Crippen LogP contribution in [-0.2, 0) is 6.18 Å². The van der Waals surface area contributed by atoms with Crippen molar-refractivity contribution in [2.75, 3.05) is 6.61 Å². The van der Waals surface area contributed by atoms with Crippen molar-refractivity contribution in [2.45, 2.75) is 12.1 Å². The van der Waals surface area contributed by atoms with E-state index in [1.165, 1.54) is 0 Å². The minimum absolute atomic E-state index is 0.178. The predicted octanol–water partition coefficient (Wildman–Crippen LogP) is 3.27. The van der Waals surface area contributed by atoms with E-state index >= 15 is 0 Å². The average molecular weight is 238 g/mol. The average Bonchev–Trinajstić information content (AvgIpc) is 2.15. The first-order valence-electron chi connectivity index (χ1n) is 4.17. The lowest BCUT2D eigenvalue weighted by atomic mass is 9.99. The molecule has 83 valence electrons. The van der Waals surface area contributed by atoms with Crippen molar-refractivity contribution in [1.82, 2.24) is 0 Å². The molecular weight excluding hydrogens is 229 g/mol. The fourth-order valence-corrected chi connectivity index (χ4v) is 1.40. The summed E-state index contributed by atoms with van der Waals surface area (Å²) in [5, 5.41) is 8.98. The quantitative estimate of drug-likeness (QED) is 0.837. The highest BCUT2D eigenvalue weighted by Crippen LogP contribution is 2.33. The number of hydrogen-bond acceptors (Lipinski definition) is 1. The third-order valence-corrected chi connectivity index (χ3v) is 2.33. The Kier molecular flexibility index (Phi) is 3.62. The molecule has 0 heterocycles. The van der Waals surface area contributed by atoms with Gasteiger partial charge in [-0.3, -0.25) is 0 Å². The Morgan fingerprint density at radius 2 is 2.00 bits per heavy atom. The molecular formula is C10H9ClF3O. The molecule has 0 aliphatic rings. The number of benzene rings is 1. The first kappa shape index (κ1) is 12.3. The summed E-state index contributed by atoms with van der Waals surface area (Å²) in [6.07, 6.45) is -4.41. The number of alkyl halides is 3. The Morgan fingerprint density at radius 1 is 1.40 bits per heavy atom. The lowest BCUT2D eigenvalue weighted by molar-refractivity contribution is -0.137. The summed E-state index contributed by atoms with van der Waals surface area (Å²) in [6.45, 7) is 3.16. The van der Waals surface area contributed by atoms with Crippen LogP contribution in [0.5, 0.6) is 0 Å². The van der Waals surface area contributed by atoms with Crippen LogP contribution in [0.4, 0.5) is 13.2 Å². The highest BCUT2D eigenvalue weighted by atomic mass is 35.5. The number of hydrogen-bond donors (Lipinski definition) is 1. The Labute approximate surface area is 90.5 Å². The van der Waals surface area contributed by atoms with Gasteiger partial charge in [-0.25, -0.2) is 0 Å². The van der Waals surface area contributed by atoms with Gasteiger partial charge in [0.2, 0.25) is 0 Å². The minimum atomic E-state index is -4.41. The topological polar surface area (TPSA) is 20.2 Å². The molecule has 0 bridgehead atoms. The maximum Gasteiger partial charge on any atom is 0.416 e. The third kappa shape index (κ3) is 2.86. The van der Waals surface area contributed by atoms with Gasteiger partial charge in [0, 0.05) is 17.5 Å². The molecule has 1 atom stereocenters. The van der Waals surface area contributed by atoms with E-state index in [1.807, 2.05) is 0 Å². The molecule has 0 spiro atoms. The zero-order chi connectivity index (χ0) is 11.6. The molecule has 1 unspecified atom stereocenters. The Morgan fingerprint density at radius 3 is 2.47 bits per heavy atom. The van der Waals surface area contributed by atoms with Gasteiger partial charge < -0.3 is 5.11 Å². The minimum Gasteiger partial charge on any atom is -0.396 e. The van der Waals surface area contributed by atoms with Crippen molar-refractivity contribution < 1.29 is 18.3 Å². The normalized spacial score (nSPS) is 14.0. The molecule has 0 aliphatic carbocycles. The summed E-state index contributed by atoms with van der Waals surface area (Å²) in [5.41, 5.74) is -0.585. The molecule has 0 saturated heterocycles. The van der Waals surface area contributed by atoms with Crippen molar-refractivity contribution >= 4 is 11.6 Å². The Balaban J connectivity index is 3.17. The SMILES string of the molecule is [CH2]C(CO)c1cc(C(F)(F)F)ccc1Cl. The Bertz CT molecular complexity index is 349. The molecule has 0 amide bonds. The molecule has 1 rings (SSSR count). The summed E-state index contributed by atoms with van der Waals surface area (Å²) < 4.78 is 37.0. The van der Waals surface area contributed by atoms with Gasteiger partial charge in [-0.2, -0.15) is 13.2 Å². The molecule has 0 aromatic heterocycles. The van der Waals surface area contributed by atoms with Crippen LogP contribution in [0.15, 0.2) is 18.2 Å². The van der Waals surface area contributed by atoms with Crippen LogP contribution in [0, 0.1) is 6.92 Å². The van der Waals surface area contributed by atoms with Crippen LogP contribution in [0.2, 0.25) is 5.02 Å². The van der Waals surface area contributed by atoms with Gasteiger partial charge in [-0.1, -0.05) is 11.6 Å². The van der Waals surface area contributed by atoms with Crippen LogP contribution >= 0.6 is 11.6 Å². The molecule has 1 N–H and O–H groups in total. The molecule has 0 fully saturated rings. The number of aliphatic hydroxyl groups is 1. The van der Waals surface area contributed by atoms with E-state index in [0.29, 0.717) is 0 Å². The van der Waals surface area contributed by atoms with Crippen LogP contribution in [-0.4, -0.2) is 11.7 Å². The summed E-state index contributed by atoms with van der Waals surface area (Å²) in [7, 11) is 0. The predicted molar refractivity (Wildman–Crippen MR) is 51.6 cm³/mol. The van der Waals surface area contributed by atoms with Gasteiger partial charge >= 0.3 is 6.18 Å². The van der Waals surface area contributed by atoms with Crippen molar-refractivity contribution in [2.24, 2.45) is 0 Å². The highest BCUT2D eigenvalue weighted by molar-refractivity contribution is 6.31. The fraction of sp³-hybridized carbons (Fsp3) is 0.300. The maximum absolute atomic E-state index is 12.3. The van der Waals surface area contributed by atoms with E-state index in [0.717, 1.165) is 18.2 Å². The van der Waals surface area contributed by atoms with Gasteiger partial charge in [0.1, 0.15) is 0 Å². The second-order valence-corrected chi connectivity index (χ2v) is 3.52. The van der Waals surface area contributed by atoms with Crippen molar-refractivity contribution in [3.63, 3.8) is 0 Å². The molecule has 1 radical (unpaired) electrons. The van der Waals surface area contributed by atoms with Crippen LogP contribution < -0.4 is 0 Å². The smallest absolute Gasteiger partial charge is 0.396 e. The van der Waals surface area contributed by atoms with Crippen LogP contribution in [0.1, 0.15) is 17.0 Å². The molecule has 1 nitrogen and oxygen atoms in total. The van der Waals surface area contributed by atoms with E-state index in [4.69, 9.17) is 16.7 Å². The summed E-state index contributed by atoms with van der Waals surface area (Å²) in [4.78, 5) is 0. The summed E-state index contributed by atoms with van der Waals surface area (Å²) in [6, 6.07) is 2.97. The van der Waals surface area contributed by atoms with E-state index in [2.05, 4.69) is 6.92 Å². The van der Waals surface area contributed by atoms with Crippen molar-refractivity contribution in [3.8, 4) is 0 Å². The maximum atomic E-state index is 12.3. The zero-order valence-corrected chi connectivity index (χ0v) is 8.44. The zero-order valence-electron chi connectivity index (χ0n) is 7.68. The van der Waals surface area contributed by atoms with Crippen molar-refractivity contribution in [1.29, 1.82) is 0 Å². The molecule has 1 aromatic carbocycles. The van der Waals surface area contributed by atoms with E-state index in [-0.39, 0.29) is 17.2 Å². The van der Waals surface area contributed by atoms with Gasteiger partial charge in [-0.15, -0.1) is 0 Å². The van der Waals surface area contributed by atoms with Gasteiger partial charge in [0.15, 0.2) is 0 Å². The lowest BCUT2D eigenvalue weighted by Gasteiger charge is -2.13. The summed E-state index contributed by atoms with van der Waals surface area (Å²) >= 11 is 5.70. The van der Waals surface area contributed by atoms with E-state index in [9.17, 15) is 13.2 Å². The van der Waals surface area contributed by atoms with E-state index in [1.54, 1.807) is 0 Å². The largest absolute Gasteiger partial charge is 0.416 e. The molecule has 15 heavy (non-hydrogen) atoms. The van der Waals surface area contributed by atoms with Crippen LogP contribution in [0.3, 0.4) is 0 Å². The highest BCUT2D eigenvalue weighted by Gasteiger charge is 2.31. The Hall–Kier alpha value is -0.740. The van der Waals surface area contributed by atoms with Gasteiger partial charge in [-0.05, 0) is 30.7 Å². The molecule has 0 saturated carbocycles. The van der Waals surface area contributed by atoms with Gasteiger partial charge in [0.25, 0.3) is 0 Å². The monoisotopic (exact) mass is 237 g/mol. The molecule has 1 aromatic rings. The number of rotatable bonds is 2. The fourth-order valence-electron chi connectivity index (χ4n) is 1.13. The number of aliphatic hydroxyl groups excluding tert-OH is 1. The van der Waals surface area contributed by atoms with Crippen LogP contribution in [0.25, 0.3) is 0 Å². The third-order valence-electron chi connectivity index (χ3n) is 1.98. The number of halogens is 4. The van der Waals surface area contributed by atoms with Crippen molar-refractivity contribution in [3.05, 3.63) is 41.3 Å². The van der Waals surface area contributed by atoms with E-state index < -0.39 is 17.7 Å². The first-order chi connectivity index (χ1) is 6.86. The second-order valence-electron chi connectivity index (χ2n) is 3.11. The standard InChI is InChI=1S/C10H9ClF3O/c1-6(5-15)8-4-7(10(12,13)14)2-3-9(8)11/h2-4,6,15H,1,5H2.